The maximum absolute atomic E-state index is 12.9. The molecule has 0 atom stereocenters. The minimum atomic E-state index is -3.89. The molecule has 1 aliphatic rings. The Bertz CT molecular complexity index is 1020. The number of hydrogen-bond donors (Lipinski definition) is 1. The molecule has 0 unspecified atom stereocenters. The summed E-state index contributed by atoms with van der Waals surface area (Å²) in [7, 11) is -3.89. The molecule has 1 N–H and O–H groups in total. The Morgan fingerprint density at radius 1 is 1.04 bits per heavy atom. The Morgan fingerprint density at radius 2 is 1.71 bits per heavy atom. The van der Waals surface area contributed by atoms with E-state index in [1.165, 1.54) is 16.4 Å². The minimum Gasteiger partial charge on any atom is -0.379 e. The van der Waals surface area contributed by atoms with Crippen molar-refractivity contribution < 1.29 is 17.9 Å². The Labute approximate surface area is 178 Å². The van der Waals surface area contributed by atoms with E-state index in [0.29, 0.717) is 23.9 Å². The van der Waals surface area contributed by atoms with Crippen molar-refractivity contribution in [3.63, 3.8) is 0 Å². The number of nitrogens with zero attached hydrogens (tertiary/aromatic N) is 1. The summed E-state index contributed by atoms with van der Waals surface area (Å²) in [5, 5.41) is 3.15. The molecule has 1 fully saturated rings. The van der Waals surface area contributed by atoms with Crippen LogP contribution < -0.4 is 5.32 Å². The molecular formula is C18H17Cl3N2O4S. The molecule has 0 spiro atoms. The van der Waals surface area contributed by atoms with Crippen LogP contribution in [0.1, 0.15) is 15.9 Å². The maximum Gasteiger partial charge on any atom is 0.257 e. The molecule has 1 heterocycles. The first-order valence-electron chi connectivity index (χ1n) is 8.34. The second-order valence-electron chi connectivity index (χ2n) is 6.20. The highest BCUT2D eigenvalue weighted by Crippen LogP contribution is 2.31. The van der Waals surface area contributed by atoms with Gasteiger partial charge in [-0.1, -0.05) is 40.9 Å². The zero-order chi connectivity index (χ0) is 20.5. The monoisotopic (exact) mass is 462 g/mol. The second kappa shape index (κ2) is 8.57. The van der Waals surface area contributed by atoms with Gasteiger partial charge < -0.3 is 10.1 Å². The van der Waals surface area contributed by atoms with Gasteiger partial charge in [0.1, 0.15) is 4.90 Å². The molecule has 2 aromatic rings. The molecule has 0 radical (unpaired) electrons. The second-order valence-corrected chi connectivity index (χ2v) is 9.32. The van der Waals surface area contributed by atoms with Crippen LogP contribution in [0.5, 0.6) is 0 Å². The molecule has 1 amide bonds. The lowest BCUT2D eigenvalue weighted by Gasteiger charge is -2.26. The van der Waals surface area contributed by atoms with Crippen LogP contribution in [-0.2, 0) is 14.8 Å². The standard InChI is InChI=1S/C18H17Cl3N2O4S/c1-11-2-3-12(8-14(11)19)22-18(24)13-9-17(16(21)10-15(13)20)28(25,26)23-4-6-27-7-5-23/h2-3,8-10H,4-7H2,1H3,(H,22,24). The number of ether oxygens (including phenoxy) is 1. The van der Waals surface area contributed by atoms with Crippen molar-refractivity contribution in [2.45, 2.75) is 11.8 Å². The summed E-state index contributed by atoms with van der Waals surface area (Å²) >= 11 is 18.4. The summed E-state index contributed by atoms with van der Waals surface area (Å²) in [6.45, 7) is 2.86. The minimum absolute atomic E-state index is 0.00500. The fourth-order valence-electron chi connectivity index (χ4n) is 2.70. The molecule has 1 aliphatic heterocycles. The number of sulfonamides is 1. The zero-order valence-corrected chi connectivity index (χ0v) is 17.9. The number of aryl methyl sites for hydroxylation is 1. The van der Waals surface area contributed by atoms with Crippen LogP contribution in [0, 0.1) is 6.92 Å². The van der Waals surface area contributed by atoms with Gasteiger partial charge in [-0.15, -0.1) is 0 Å². The van der Waals surface area contributed by atoms with Crippen LogP contribution in [0.3, 0.4) is 0 Å². The normalized spacial score (nSPS) is 15.4. The summed E-state index contributed by atoms with van der Waals surface area (Å²) in [4.78, 5) is 12.5. The smallest absolute Gasteiger partial charge is 0.257 e. The SMILES string of the molecule is Cc1ccc(NC(=O)c2cc(S(=O)(=O)N3CCOCC3)c(Cl)cc2Cl)cc1Cl. The lowest BCUT2D eigenvalue weighted by molar-refractivity contribution is 0.0730. The fourth-order valence-corrected chi connectivity index (χ4v) is 5.12. The molecule has 0 aliphatic carbocycles. The van der Waals surface area contributed by atoms with Gasteiger partial charge in [0.05, 0.1) is 28.8 Å². The summed E-state index contributed by atoms with van der Waals surface area (Å²) in [6.07, 6.45) is 0. The van der Waals surface area contributed by atoms with E-state index in [4.69, 9.17) is 39.5 Å². The van der Waals surface area contributed by atoms with Gasteiger partial charge >= 0.3 is 0 Å². The number of halogens is 3. The van der Waals surface area contributed by atoms with E-state index in [0.717, 1.165) is 5.56 Å². The number of hydrogen-bond acceptors (Lipinski definition) is 4. The van der Waals surface area contributed by atoms with E-state index in [9.17, 15) is 13.2 Å². The van der Waals surface area contributed by atoms with Gasteiger partial charge in [-0.3, -0.25) is 4.79 Å². The number of nitrogens with one attached hydrogen (secondary N) is 1. The molecule has 2 aromatic carbocycles. The van der Waals surface area contributed by atoms with Gasteiger partial charge in [0.2, 0.25) is 10.0 Å². The topological polar surface area (TPSA) is 75.7 Å². The predicted molar refractivity (Wildman–Crippen MR) is 110 cm³/mol. The molecule has 1 saturated heterocycles. The van der Waals surface area contributed by atoms with Crippen LogP contribution in [0.25, 0.3) is 0 Å². The Kier molecular flexibility index (Phi) is 6.54. The number of rotatable bonds is 4. The quantitative estimate of drug-likeness (QED) is 0.736. The van der Waals surface area contributed by atoms with Crippen molar-refractivity contribution in [2.75, 3.05) is 31.6 Å². The first kappa shape index (κ1) is 21.4. The van der Waals surface area contributed by atoms with Crippen LogP contribution in [0.4, 0.5) is 5.69 Å². The van der Waals surface area contributed by atoms with E-state index < -0.39 is 15.9 Å². The van der Waals surface area contributed by atoms with E-state index >= 15 is 0 Å². The molecule has 3 rings (SSSR count). The van der Waals surface area contributed by atoms with E-state index in [1.807, 2.05) is 6.92 Å². The third-order valence-electron chi connectivity index (χ3n) is 4.28. The van der Waals surface area contributed by atoms with Crippen LogP contribution in [0.15, 0.2) is 35.2 Å². The summed E-state index contributed by atoms with van der Waals surface area (Å²) in [5.74, 6) is -0.569. The largest absolute Gasteiger partial charge is 0.379 e. The molecular weight excluding hydrogens is 447 g/mol. The lowest BCUT2D eigenvalue weighted by Crippen LogP contribution is -2.40. The van der Waals surface area contributed by atoms with E-state index in [2.05, 4.69) is 5.32 Å². The van der Waals surface area contributed by atoms with Crippen molar-refractivity contribution in [1.82, 2.24) is 4.31 Å². The van der Waals surface area contributed by atoms with Gasteiger partial charge in [-0.2, -0.15) is 4.31 Å². The average molecular weight is 464 g/mol. The summed E-state index contributed by atoms with van der Waals surface area (Å²) in [6, 6.07) is 7.50. The van der Waals surface area contributed by atoms with Gasteiger partial charge in [-0.25, -0.2) is 8.42 Å². The zero-order valence-electron chi connectivity index (χ0n) is 14.8. The van der Waals surface area contributed by atoms with Crippen LogP contribution >= 0.6 is 34.8 Å². The van der Waals surface area contributed by atoms with Crippen molar-refractivity contribution >= 4 is 56.4 Å². The third kappa shape index (κ3) is 4.45. The van der Waals surface area contributed by atoms with Gasteiger partial charge in [-0.05, 0) is 36.8 Å². The molecule has 150 valence electrons. The van der Waals surface area contributed by atoms with Crippen LogP contribution in [0.2, 0.25) is 15.1 Å². The van der Waals surface area contributed by atoms with Crippen molar-refractivity contribution in [3.8, 4) is 0 Å². The maximum atomic E-state index is 12.9. The predicted octanol–water partition coefficient (Wildman–Crippen LogP) is 4.23. The summed E-state index contributed by atoms with van der Waals surface area (Å²) in [5.41, 5.74) is 1.32. The van der Waals surface area contributed by atoms with Crippen molar-refractivity contribution in [3.05, 3.63) is 56.5 Å². The van der Waals surface area contributed by atoms with E-state index in [-0.39, 0.29) is 33.6 Å². The lowest BCUT2D eigenvalue weighted by atomic mass is 10.2. The Balaban J connectivity index is 1.94. The number of amides is 1. The van der Waals surface area contributed by atoms with Gasteiger partial charge in [0, 0.05) is 23.8 Å². The van der Waals surface area contributed by atoms with Crippen molar-refractivity contribution in [2.24, 2.45) is 0 Å². The van der Waals surface area contributed by atoms with Gasteiger partial charge in [0.25, 0.3) is 5.91 Å². The highest BCUT2D eigenvalue weighted by atomic mass is 35.5. The third-order valence-corrected chi connectivity index (χ3v) is 7.37. The first-order chi connectivity index (χ1) is 13.2. The molecule has 6 nitrogen and oxygen atoms in total. The Hall–Kier alpha value is -1.35. The first-order valence-corrected chi connectivity index (χ1v) is 10.9. The molecule has 0 aromatic heterocycles. The number of carbonyl (C=O) groups excluding carboxylic acids is 1. The fraction of sp³-hybridized carbons (Fsp3) is 0.278. The number of benzene rings is 2. The Morgan fingerprint density at radius 3 is 2.36 bits per heavy atom. The average Bonchev–Trinajstić information content (AvgIpc) is 2.65. The number of morpholine rings is 1. The number of carbonyl (C=O) groups is 1. The molecule has 0 bridgehead atoms. The van der Waals surface area contributed by atoms with E-state index in [1.54, 1.807) is 18.2 Å². The highest BCUT2D eigenvalue weighted by molar-refractivity contribution is 7.89. The van der Waals surface area contributed by atoms with Crippen LogP contribution in [-0.4, -0.2) is 44.9 Å². The molecule has 10 heteroatoms. The molecule has 28 heavy (non-hydrogen) atoms. The van der Waals surface area contributed by atoms with Crippen molar-refractivity contribution in [1.29, 1.82) is 0 Å². The highest BCUT2D eigenvalue weighted by Gasteiger charge is 2.30. The summed E-state index contributed by atoms with van der Waals surface area (Å²) < 4.78 is 32.3. The van der Waals surface area contributed by atoms with Gasteiger partial charge in [0.15, 0.2) is 0 Å². The number of anilines is 1. The molecule has 0 saturated carbocycles.